The number of carbonyl (C=O) groups is 2. The Morgan fingerprint density at radius 1 is 1.48 bits per heavy atom. The molecular weight excluding hydrogens is 340 g/mol. The van der Waals surface area contributed by atoms with Gasteiger partial charge in [-0.25, -0.2) is 4.98 Å². The van der Waals surface area contributed by atoms with Crippen molar-refractivity contribution in [2.45, 2.75) is 37.6 Å². The molecule has 132 valence electrons. The lowest BCUT2D eigenvalue weighted by atomic mass is 10.1. The number of nitrogens with zero attached hydrogens (tertiary/aromatic N) is 3. The lowest BCUT2D eigenvalue weighted by molar-refractivity contribution is -0.121. The highest BCUT2D eigenvalue weighted by atomic mass is 32.2. The van der Waals surface area contributed by atoms with Gasteiger partial charge in [0.25, 0.3) is 5.91 Å². The maximum Gasteiger partial charge on any atom is 0.265 e. The third-order valence-corrected chi connectivity index (χ3v) is 4.82. The van der Waals surface area contributed by atoms with E-state index >= 15 is 0 Å². The minimum atomic E-state index is -0.340. The Kier molecular flexibility index (Phi) is 5.08. The average Bonchev–Trinajstić information content (AvgIpc) is 3.01. The first-order valence-electron chi connectivity index (χ1n) is 8.16. The van der Waals surface area contributed by atoms with E-state index in [0.717, 1.165) is 6.42 Å². The largest absolute Gasteiger partial charge is 0.482 e. The molecule has 0 aliphatic carbocycles. The number of rotatable bonds is 6. The van der Waals surface area contributed by atoms with Crippen molar-refractivity contribution in [3.63, 3.8) is 0 Å². The summed E-state index contributed by atoms with van der Waals surface area (Å²) in [6, 6.07) is 5.23. The van der Waals surface area contributed by atoms with Crippen LogP contribution in [0.15, 0.2) is 23.4 Å². The number of aryl methyl sites for hydroxylation is 1. The first-order valence-corrected chi connectivity index (χ1v) is 9.04. The van der Waals surface area contributed by atoms with E-state index in [1.807, 2.05) is 20.8 Å². The van der Waals surface area contributed by atoms with Crippen LogP contribution in [0.5, 0.6) is 5.75 Å². The number of fused-ring (bicyclic) bond motifs is 1. The summed E-state index contributed by atoms with van der Waals surface area (Å²) in [5.41, 5.74) is 1.21. The van der Waals surface area contributed by atoms with Crippen molar-refractivity contribution in [3.8, 4) is 5.75 Å². The third-order valence-electron chi connectivity index (χ3n) is 3.86. The predicted octanol–water partition coefficient (Wildman–Crippen LogP) is 2.61. The van der Waals surface area contributed by atoms with E-state index in [1.54, 1.807) is 23.1 Å². The Morgan fingerprint density at radius 2 is 2.28 bits per heavy atom. The van der Waals surface area contributed by atoms with Crippen molar-refractivity contribution in [1.82, 2.24) is 15.2 Å². The Labute approximate surface area is 150 Å². The number of hydrogen-bond acceptors (Lipinski definition) is 6. The number of aromatic nitrogens is 3. The molecule has 7 nitrogen and oxygen atoms in total. The predicted molar refractivity (Wildman–Crippen MR) is 95.4 cm³/mol. The van der Waals surface area contributed by atoms with Crippen LogP contribution in [-0.4, -0.2) is 45.3 Å². The fourth-order valence-electron chi connectivity index (χ4n) is 2.65. The molecule has 1 aromatic heterocycles. The van der Waals surface area contributed by atoms with Gasteiger partial charge in [0, 0.05) is 12.1 Å². The number of thioether (sulfide) groups is 1. The monoisotopic (exact) mass is 360 g/mol. The second-order valence-electron chi connectivity index (χ2n) is 5.84. The Bertz CT molecular complexity index is 805. The molecule has 0 saturated carbocycles. The van der Waals surface area contributed by atoms with Crippen molar-refractivity contribution in [2.75, 3.05) is 18.1 Å². The molecule has 1 atom stereocenters. The number of Topliss-reactive ketones (excluding diaryl/α,β-unsaturated/α-hetero) is 1. The maximum absolute atomic E-state index is 12.8. The SMILES string of the molecule is CCCN1C(=O)COc2ccc(C(=O)C(C)Sc3n[nH]c(C)n3)cc21. The van der Waals surface area contributed by atoms with Crippen molar-refractivity contribution in [2.24, 2.45) is 0 Å². The molecule has 0 saturated heterocycles. The molecule has 1 amide bonds. The number of carbonyl (C=O) groups excluding carboxylic acids is 2. The van der Waals surface area contributed by atoms with Crippen molar-refractivity contribution in [3.05, 3.63) is 29.6 Å². The number of ketones is 1. The smallest absolute Gasteiger partial charge is 0.265 e. The third kappa shape index (κ3) is 3.68. The normalized spacial score (nSPS) is 14.8. The summed E-state index contributed by atoms with van der Waals surface area (Å²) in [6.07, 6.45) is 0.833. The summed E-state index contributed by atoms with van der Waals surface area (Å²) < 4.78 is 5.47. The lowest BCUT2D eigenvalue weighted by Gasteiger charge is -2.29. The topological polar surface area (TPSA) is 88.2 Å². The van der Waals surface area contributed by atoms with Crippen LogP contribution in [0.2, 0.25) is 0 Å². The fourth-order valence-corrected chi connectivity index (χ4v) is 3.49. The van der Waals surface area contributed by atoms with Crippen LogP contribution >= 0.6 is 11.8 Å². The van der Waals surface area contributed by atoms with E-state index < -0.39 is 0 Å². The van der Waals surface area contributed by atoms with Gasteiger partial charge in [0.1, 0.15) is 11.6 Å². The van der Waals surface area contributed by atoms with Crippen molar-refractivity contribution < 1.29 is 14.3 Å². The van der Waals surface area contributed by atoms with Crippen LogP contribution in [0.25, 0.3) is 0 Å². The average molecular weight is 360 g/mol. The van der Waals surface area contributed by atoms with Crippen LogP contribution in [0.1, 0.15) is 36.5 Å². The van der Waals surface area contributed by atoms with Crippen LogP contribution in [0, 0.1) is 6.92 Å². The fraction of sp³-hybridized carbons (Fsp3) is 0.412. The van der Waals surface area contributed by atoms with Crippen LogP contribution in [0.4, 0.5) is 5.69 Å². The number of amides is 1. The molecule has 0 radical (unpaired) electrons. The molecule has 0 bridgehead atoms. The van der Waals surface area contributed by atoms with Crippen LogP contribution in [-0.2, 0) is 4.79 Å². The zero-order valence-corrected chi connectivity index (χ0v) is 15.2. The minimum absolute atomic E-state index is 0.0373. The van der Waals surface area contributed by atoms with Gasteiger partial charge in [-0.05, 0) is 38.5 Å². The van der Waals surface area contributed by atoms with Gasteiger partial charge < -0.3 is 9.64 Å². The van der Waals surface area contributed by atoms with Gasteiger partial charge in [-0.1, -0.05) is 18.7 Å². The van der Waals surface area contributed by atoms with Gasteiger partial charge in [0.05, 0.1) is 10.9 Å². The van der Waals surface area contributed by atoms with Crippen LogP contribution in [0.3, 0.4) is 0 Å². The molecule has 1 N–H and O–H groups in total. The summed E-state index contributed by atoms with van der Waals surface area (Å²) >= 11 is 1.30. The molecule has 0 fully saturated rings. The number of H-pyrrole nitrogens is 1. The molecule has 1 aliphatic heterocycles. The quantitative estimate of drug-likeness (QED) is 0.629. The Balaban J connectivity index is 1.82. The number of benzene rings is 1. The van der Waals surface area contributed by atoms with Gasteiger partial charge in [-0.2, -0.15) is 0 Å². The first-order chi connectivity index (χ1) is 12.0. The minimum Gasteiger partial charge on any atom is -0.482 e. The zero-order valence-electron chi connectivity index (χ0n) is 14.4. The van der Waals surface area contributed by atoms with Gasteiger partial charge in [0.15, 0.2) is 12.4 Å². The van der Waals surface area contributed by atoms with Crippen molar-refractivity contribution in [1.29, 1.82) is 0 Å². The molecular formula is C17H20N4O3S. The second-order valence-corrected chi connectivity index (χ2v) is 7.15. The molecule has 25 heavy (non-hydrogen) atoms. The van der Waals surface area contributed by atoms with E-state index in [1.165, 1.54) is 11.8 Å². The van der Waals surface area contributed by atoms with E-state index in [9.17, 15) is 9.59 Å². The number of ether oxygens (including phenoxy) is 1. The Morgan fingerprint density at radius 3 is 2.96 bits per heavy atom. The van der Waals surface area contributed by atoms with Gasteiger partial charge in [0.2, 0.25) is 5.16 Å². The summed E-state index contributed by atoms with van der Waals surface area (Å²) in [6.45, 7) is 6.29. The number of aromatic amines is 1. The molecule has 1 aliphatic rings. The van der Waals surface area contributed by atoms with E-state index in [0.29, 0.717) is 34.5 Å². The van der Waals surface area contributed by atoms with Crippen molar-refractivity contribution >= 4 is 29.1 Å². The molecule has 1 aromatic carbocycles. The van der Waals surface area contributed by atoms with E-state index in [2.05, 4.69) is 15.2 Å². The maximum atomic E-state index is 12.8. The molecule has 0 spiro atoms. The summed E-state index contributed by atoms with van der Waals surface area (Å²) in [4.78, 5) is 30.8. The molecule has 1 unspecified atom stereocenters. The molecule has 3 rings (SSSR count). The standard InChI is InChI=1S/C17H20N4O3S/c1-4-7-21-13-8-12(5-6-14(13)24-9-15(21)22)16(23)10(2)25-17-18-11(3)19-20-17/h5-6,8,10H,4,7,9H2,1-3H3,(H,18,19,20). The highest BCUT2D eigenvalue weighted by Gasteiger charge is 2.27. The molecule has 2 heterocycles. The molecule has 8 heteroatoms. The lowest BCUT2D eigenvalue weighted by Crippen LogP contribution is -2.39. The van der Waals surface area contributed by atoms with Gasteiger partial charge in [-0.3, -0.25) is 14.7 Å². The summed E-state index contributed by atoms with van der Waals surface area (Å²) in [5, 5.41) is 7.02. The highest BCUT2D eigenvalue weighted by molar-refractivity contribution is 8.00. The number of nitrogens with one attached hydrogen (secondary N) is 1. The first kappa shape index (κ1) is 17.5. The van der Waals surface area contributed by atoms with E-state index in [-0.39, 0.29) is 23.5 Å². The van der Waals surface area contributed by atoms with Gasteiger partial charge in [-0.15, -0.1) is 5.10 Å². The zero-order chi connectivity index (χ0) is 18.0. The van der Waals surface area contributed by atoms with E-state index in [4.69, 9.17) is 4.74 Å². The number of anilines is 1. The highest BCUT2D eigenvalue weighted by Crippen LogP contribution is 2.34. The summed E-state index contributed by atoms with van der Waals surface area (Å²) in [7, 11) is 0. The Hall–Kier alpha value is -2.35. The molecule has 2 aromatic rings. The second kappa shape index (κ2) is 7.26. The van der Waals surface area contributed by atoms with Gasteiger partial charge >= 0.3 is 0 Å². The summed E-state index contributed by atoms with van der Waals surface area (Å²) in [5.74, 6) is 1.22. The van der Waals surface area contributed by atoms with Crippen LogP contribution < -0.4 is 9.64 Å². The number of hydrogen-bond donors (Lipinski definition) is 1.